The van der Waals surface area contributed by atoms with E-state index in [0.29, 0.717) is 6.04 Å². The van der Waals surface area contributed by atoms with Crippen LogP contribution in [-0.2, 0) is 0 Å². The second kappa shape index (κ2) is 5.14. The molecule has 1 unspecified atom stereocenters. The zero-order chi connectivity index (χ0) is 7.94. The van der Waals surface area contributed by atoms with Gasteiger partial charge in [-0.25, -0.2) is 0 Å². The average molecular weight is 151 g/mol. The first kappa shape index (κ1) is 8.54. The predicted molar refractivity (Wildman–Crippen MR) is 49.6 cm³/mol. The van der Waals surface area contributed by atoms with Crippen molar-refractivity contribution in [3.63, 3.8) is 0 Å². The minimum absolute atomic E-state index is 0.535. The summed E-state index contributed by atoms with van der Waals surface area (Å²) in [5.41, 5.74) is 0. The average Bonchev–Trinajstić information content (AvgIpc) is 1.94. The van der Waals surface area contributed by atoms with Crippen LogP contribution < -0.4 is 5.32 Å². The smallest absolute Gasteiger partial charge is 0.0284 e. The lowest BCUT2D eigenvalue weighted by atomic mass is 10.1. The maximum atomic E-state index is 3.73. The van der Waals surface area contributed by atoms with Crippen LogP contribution >= 0.6 is 0 Å². The van der Waals surface area contributed by atoms with E-state index in [9.17, 15) is 0 Å². The number of allylic oxidation sites excluding steroid dienone is 1. The van der Waals surface area contributed by atoms with Crippen molar-refractivity contribution in [1.29, 1.82) is 0 Å². The van der Waals surface area contributed by atoms with Gasteiger partial charge >= 0.3 is 0 Å². The van der Waals surface area contributed by atoms with E-state index < -0.39 is 0 Å². The molecule has 0 bridgehead atoms. The maximum absolute atomic E-state index is 3.73. The Kier molecular flexibility index (Phi) is 3.99. The van der Waals surface area contributed by atoms with Crippen molar-refractivity contribution in [3.8, 4) is 0 Å². The third kappa shape index (κ3) is 3.38. The largest absolute Gasteiger partial charge is 0.310 e. The standard InChI is InChI=1S/C10H17N/c1-2-7-10-8-5-3-4-6-9-11-10/h2,5,8,10-11H,1,3-4,6-7,9H2/b8-5-. The Morgan fingerprint density at radius 2 is 2.45 bits per heavy atom. The van der Waals surface area contributed by atoms with Crippen LogP contribution in [0.2, 0.25) is 0 Å². The third-order valence-electron chi connectivity index (χ3n) is 1.99. The molecule has 62 valence electrons. The molecule has 0 saturated carbocycles. The van der Waals surface area contributed by atoms with Gasteiger partial charge in [-0.05, 0) is 32.2 Å². The first-order valence-electron chi connectivity index (χ1n) is 4.44. The molecule has 1 atom stereocenters. The molecule has 1 rings (SSSR count). The molecule has 0 aromatic heterocycles. The molecule has 1 heteroatoms. The molecular formula is C10H17N. The molecule has 0 spiro atoms. The molecule has 0 aliphatic carbocycles. The second-order valence-corrected chi connectivity index (χ2v) is 3.01. The van der Waals surface area contributed by atoms with Gasteiger partial charge in [0.2, 0.25) is 0 Å². The van der Waals surface area contributed by atoms with Gasteiger partial charge in [0.25, 0.3) is 0 Å². The molecule has 0 aromatic carbocycles. The van der Waals surface area contributed by atoms with E-state index in [1.54, 1.807) is 0 Å². The zero-order valence-corrected chi connectivity index (χ0v) is 7.05. The van der Waals surface area contributed by atoms with Crippen LogP contribution in [0.5, 0.6) is 0 Å². The molecule has 0 amide bonds. The Labute approximate surface area is 69.2 Å². The van der Waals surface area contributed by atoms with E-state index in [-0.39, 0.29) is 0 Å². The maximum Gasteiger partial charge on any atom is 0.0284 e. The lowest BCUT2D eigenvalue weighted by Crippen LogP contribution is -2.28. The SMILES string of the molecule is C=CCC1/C=C\CCCCN1. The highest BCUT2D eigenvalue weighted by Gasteiger charge is 2.02. The van der Waals surface area contributed by atoms with Crippen LogP contribution in [0.3, 0.4) is 0 Å². The fraction of sp³-hybridized carbons (Fsp3) is 0.600. The van der Waals surface area contributed by atoms with Crippen LogP contribution in [0.25, 0.3) is 0 Å². The molecule has 0 saturated heterocycles. The highest BCUT2D eigenvalue weighted by Crippen LogP contribution is 2.04. The summed E-state index contributed by atoms with van der Waals surface area (Å²) in [6.45, 7) is 4.89. The quantitative estimate of drug-likeness (QED) is 0.597. The van der Waals surface area contributed by atoms with Crippen LogP contribution in [0.4, 0.5) is 0 Å². The summed E-state index contributed by atoms with van der Waals surface area (Å²) in [5, 5.41) is 3.46. The number of hydrogen-bond acceptors (Lipinski definition) is 1. The van der Waals surface area contributed by atoms with Gasteiger partial charge in [0.05, 0.1) is 0 Å². The van der Waals surface area contributed by atoms with Crippen molar-refractivity contribution in [2.45, 2.75) is 31.7 Å². The molecule has 1 aliphatic rings. The van der Waals surface area contributed by atoms with Crippen LogP contribution in [0.1, 0.15) is 25.7 Å². The first-order chi connectivity index (χ1) is 5.43. The minimum atomic E-state index is 0.535. The Balaban J connectivity index is 2.35. The van der Waals surface area contributed by atoms with Gasteiger partial charge in [-0.2, -0.15) is 0 Å². The fourth-order valence-corrected chi connectivity index (χ4v) is 1.34. The van der Waals surface area contributed by atoms with Gasteiger partial charge in [-0.1, -0.05) is 18.2 Å². The van der Waals surface area contributed by atoms with Crippen molar-refractivity contribution in [2.24, 2.45) is 0 Å². The summed E-state index contributed by atoms with van der Waals surface area (Å²) in [6.07, 6.45) is 11.4. The van der Waals surface area contributed by atoms with Gasteiger partial charge in [0.15, 0.2) is 0 Å². The van der Waals surface area contributed by atoms with Gasteiger partial charge in [0, 0.05) is 6.04 Å². The lowest BCUT2D eigenvalue weighted by molar-refractivity contribution is 0.553. The summed E-state index contributed by atoms with van der Waals surface area (Å²) in [4.78, 5) is 0. The number of nitrogens with one attached hydrogen (secondary N) is 1. The lowest BCUT2D eigenvalue weighted by Gasteiger charge is -2.14. The van der Waals surface area contributed by atoms with Gasteiger partial charge in [-0.15, -0.1) is 6.58 Å². The zero-order valence-electron chi connectivity index (χ0n) is 7.05. The van der Waals surface area contributed by atoms with Crippen LogP contribution in [-0.4, -0.2) is 12.6 Å². The van der Waals surface area contributed by atoms with Crippen molar-refractivity contribution >= 4 is 0 Å². The predicted octanol–water partition coefficient (Wildman–Crippen LogP) is 2.26. The summed E-state index contributed by atoms with van der Waals surface area (Å²) in [5.74, 6) is 0. The molecule has 1 aliphatic heterocycles. The van der Waals surface area contributed by atoms with Crippen molar-refractivity contribution in [3.05, 3.63) is 24.8 Å². The van der Waals surface area contributed by atoms with Gasteiger partial charge in [0.1, 0.15) is 0 Å². The van der Waals surface area contributed by atoms with Crippen LogP contribution in [0.15, 0.2) is 24.8 Å². The van der Waals surface area contributed by atoms with E-state index in [1.807, 2.05) is 6.08 Å². The summed E-state index contributed by atoms with van der Waals surface area (Å²) < 4.78 is 0. The Morgan fingerprint density at radius 3 is 3.27 bits per heavy atom. The van der Waals surface area contributed by atoms with Crippen molar-refractivity contribution in [1.82, 2.24) is 5.32 Å². The van der Waals surface area contributed by atoms with E-state index in [0.717, 1.165) is 13.0 Å². The van der Waals surface area contributed by atoms with E-state index >= 15 is 0 Å². The summed E-state index contributed by atoms with van der Waals surface area (Å²) >= 11 is 0. The summed E-state index contributed by atoms with van der Waals surface area (Å²) in [7, 11) is 0. The third-order valence-corrected chi connectivity index (χ3v) is 1.99. The molecular weight excluding hydrogens is 134 g/mol. The molecule has 1 nitrogen and oxygen atoms in total. The normalized spacial score (nSPS) is 28.5. The van der Waals surface area contributed by atoms with Gasteiger partial charge < -0.3 is 5.32 Å². The van der Waals surface area contributed by atoms with E-state index in [1.165, 1.54) is 19.3 Å². The molecule has 1 N–H and O–H groups in total. The molecule has 0 fully saturated rings. The summed E-state index contributed by atoms with van der Waals surface area (Å²) in [6, 6.07) is 0.535. The molecule has 0 aromatic rings. The Hall–Kier alpha value is -0.560. The Bertz CT molecular complexity index is 138. The first-order valence-corrected chi connectivity index (χ1v) is 4.44. The topological polar surface area (TPSA) is 12.0 Å². The highest BCUT2D eigenvalue weighted by molar-refractivity contribution is 4.97. The van der Waals surface area contributed by atoms with Crippen molar-refractivity contribution in [2.75, 3.05) is 6.54 Å². The molecule has 11 heavy (non-hydrogen) atoms. The van der Waals surface area contributed by atoms with E-state index in [2.05, 4.69) is 24.0 Å². The number of hydrogen-bond donors (Lipinski definition) is 1. The van der Waals surface area contributed by atoms with Crippen molar-refractivity contribution < 1.29 is 0 Å². The molecule has 0 radical (unpaired) electrons. The Morgan fingerprint density at radius 1 is 1.55 bits per heavy atom. The molecule has 1 heterocycles. The van der Waals surface area contributed by atoms with Gasteiger partial charge in [-0.3, -0.25) is 0 Å². The monoisotopic (exact) mass is 151 g/mol. The van der Waals surface area contributed by atoms with Crippen LogP contribution in [0, 0.1) is 0 Å². The van der Waals surface area contributed by atoms with E-state index in [4.69, 9.17) is 0 Å². The number of rotatable bonds is 2. The fourth-order valence-electron chi connectivity index (χ4n) is 1.34. The minimum Gasteiger partial charge on any atom is -0.310 e. The highest BCUT2D eigenvalue weighted by atomic mass is 14.9. The second-order valence-electron chi connectivity index (χ2n) is 3.01.